The number of carbonyl (C=O) groups excluding carboxylic acids is 1. The summed E-state index contributed by atoms with van der Waals surface area (Å²) in [6.45, 7) is 0.123. The fourth-order valence-corrected chi connectivity index (χ4v) is 4.98. The molecule has 4 rings (SSSR count). The minimum atomic E-state index is -3.94. The number of rotatable bonds is 4. The topological polar surface area (TPSA) is 112 Å². The largest absolute Gasteiger partial charge is 0.417 e. The molecule has 2 heterocycles. The van der Waals surface area contributed by atoms with Crippen LogP contribution in [0.3, 0.4) is 0 Å². The predicted octanol–water partition coefficient (Wildman–Crippen LogP) is 2.44. The molecule has 158 valence electrons. The first-order valence-electron chi connectivity index (χ1n) is 9.13. The van der Waals surface area contributed by atoms with Crippen LogP contribution >= 0.6 is 0 Å². The van der Waals surface area contributed by atoms with Gasteiger partial charge in [0.05, 0.1) is 22.0 Å². The van der Waals surface area contributed by atoms with Gasteiger partial charge < -0.3 is 9.73 Å². The lowest BCUT2D eigenvalue weighted by Gasteiger charge is -2.31. The van der Waals surface area contributed by atoms with Crippen molar-refractivity contribution in [1.29, 1.82) is 0 Å². The van der Waals surface area contributed by atoms with Gasteiger partial charge in [0.25, 0.3) is 0 Å². The molecule has 1 saturated heterocycles. The molecular formula is C19H17F2N3O5S. The van der Waals surface area contributed by atoms with Crippen molar-refractivity contribution in [1.82, 2.24) is 9.29 Å². The summed E-state index contributed by atoms with van der Waals surface area (Å²) >= 11 is 0. The number of aromatic amines is 1. The SMILES string of the molecule is O=C(Nc1ccc(F)cc1F)[C@H]1CCCN(S(=O)(=O)c2ccc3[nH]c(=O)oc3c2)C1. The number of oxazole rings is 1. The highest BCUT2D eigenvalue weighted by atomic mass is 32.2. The Bertz CT molecular complexity index is 1280. The molecule has 0 radical (unpaired) electrons. The van der Waals surface area contributed by atoms with E-state index in [0.29, 0.717) is 24.4 Å². The number of sulfonamides is 1. The van der Waals surface area contributed by atoms with Crippen molar-refractivity contribution in [3.8, 4) is 0 Å². The maximum atomic E-state index is 13.8. The van der Waals surface area contributed by atoms with Crippen LogP contribution in [0, 0.1) is 17.6 Å². The van der Waals surface area contributed by atoms with Crippen LogP contribution in [0.25, 0.3) is 11.1 Å². The molecule has 1 atom stereocenters. The van der Waals surface area contributed by atoms with Crippen LogP contribution in [0.4, 0.5) is 14.5 Å². The smallest absolute Gasteiger partial charge is 0.408 e. The monoisotopic (exact) mass is 437 g/mol. The van der Waals surface area contributed by atoms with Gasteiger partial charge in [-0.25, -0.2) is 22.0 Å². The Kier molecular flexibility index (Phi) is 5.16. The molecule has 8 nitrogen and oxygen atoms in total. The molecule has 0 saturated carbocycles. The van der Waals surface area contributed by atoms with Gasteiger partial charge in [0.2, 0.25) is 15.9 Å². The fourth-order valence-electron chi connectivity index (χ4n) is 3.44. The van der Waals surface area contributed by atoms with E-state index in [4.69, 9.17) is 4.42 Å². The minimum absolute atomic E-state index is 0.0663. The second-order valence-electron chi connectivity index (χ2n) is 6.99. The van der Waals surface area contributed by atoms with Crippen molar-refractivity contribution < 1.29 is 26.4 Å². The van der Waals surface area contributed by atoms with Gasteiger partial charge in [0.1, 0.15) is 11.6 Å². The summed E-state index contributed by atoms with van der Waals surface area (Å²) in [6.07, 6.45) is 0.858. The maximum absolute atomic E-state index is 13.8. The quantitative estimate of drug-likeness (QED) is 0.651. The molecule has 1 aliphatic rings. The Morgan fingerprint density at radius 1 is 1.20 bits per heavy atom. The second kappa shape index (κ2) is 7.65. The predicted molar refractivity (Wildman–Crippen MR) is 103 cm³/mol. The van der Waals surface area contributed by atoms with Crippen molar-refractivity contribution in [3.05, 3.63) is 58.6 Å². The van der Waals surface area contributed by atoms with Crippen LogP contribution in [-0.2, 0) is 14.8 Å². The van der Waals surface area contributed by atoms with Gasteiger partial charge in [-0.2, -0.15) is 4.31 Å². The van der Waals surface area contributed by atoms with Gasteiger partial charge >= 0.3 is 5.76 Å². The Morgan fingerprint density at radius 3 is 2.77 bits per heavy atom. The Labute approximate surface area is 169 Å². The van der Waals surface area contributed by atoms with E-state index in [1.54, 1.807) is 0 Å². The standard InChI is InChI=1S/C19H17F2N3O5S/c20-12-3-5-15(14(21)8-12)22-18(25)11-2-1-7-24(10-11)30(27,28)13-4-6-16-17(9-13)29-19(26)23-16/h3-6,8-9,11H,1-2,7,10H2,(H,22,25)(H,23,26)/t11-/m0/s1. The third-order valence-corrected chi connectivity index (χ3v) is 6.84. The lowest BCUT2D eigenvalue weighted by molar-refractivity contribution is -0.120. The van der Waals surface area contributed by atoms with Crippen molar-refractivity contribution in [2.24, 2.45) is 5.92 Å². The van der Waals surface area contributed by atoms with Crippen molar-refractivity contribution in [2.45, 2.75) is 17.7 Å². The average Bonchev–Trinajstić information content (AvgIpc) is 3.09. The molecule has 1 aromatic heterocycles. The van der Waals surface area contributed by atoms with Gasteiger partial charge in [0, 0.05) is 25.2 Å². The summed E-state index contributed by atoms with van der Waals surface area (Å²) in [7, 11) is -3.94. The zero-order valence-corrected chi connectivity index (χ0v) is 16.3. The highest BCUT2D eigenvalue weighted by Gasteiger charge is 2.34. The van der Waals surface area contributed by atoms with Gasteiger partial charge in [-0.05, 0) is 37.1 Å². The van der Waals surface area contributed by atoms with Crippen LogP contribution in [0.5, 0.6) is 0 Å². The molecule has 2 aromatic carbocycles. The summed E-state index contributed by atoms with van der Waals surface area (Å²) in [6, 6.07) is 6.81. The summed E-state index contributed by atoms with van der Waals surface area (Å²) in [5, 5.41) is 2.39. The number of H-pyrrole nitrogens is 1. The number of carbonyl (C=O) groups is 1. The Morgan fingerprint density at radius 2 is 2.00 bits per heavy atom. The fraction of sp³-hybridized carbons (Fsp3) is 0.263. The number of nitrogens with zero attached hydrogens (tertiary/aromatic N) is 1. The molecule has 1 aliphatic heterocycles. The number of halogens is 2. The number of benzene rings is 2. The third kappa shape index (κ3) is 3.85. The molecule has 0 spiro atoms. The van der Waals surface area contributed by atoms with E-state index >= 15 is 0 Å². The lowest BCUT2D eigenvalue weighted by Crippen LogP contribution is -2.43. The molecule has 30 heavy (non-hydrogen) atoms. The van der Waals surface area contributed by atoms with Crippen LogP contribution in [0.2, 0.25) is 0 Å². The third-order valence-electron chi connectivity index (χ3n) is 4.97. The number of piperidine rings is 1. The zero-order chi connectivity index (χ0) is 21.5. The first-order chi connectivity index (χ1) is 14.2. The molecule has 0 aliphatic carbocycles. The molecule has 3 aromatic rings. The summed E-state index contributed by atoms with van der Waals surface area (Å²) < 4.78 is 59.0. The van der Waals surface area contributed by atoms with E-state index in [-0.39, 0.29) is 29.3 Å². The molecular weight excluding hydrogens is 420 g/mol. The van der Waals surface area contributed by atoms with Crippen molar-refractivity contribution in [3.63, 3.8) is 0 Å². The van der Waals surface area contributed by atoms with Gasteiger partial charge in [-0.3, -0.25) is 9.78 Å². The van der Waals surface area contributed by atoms with Crippen LogP contribution in [0.1, 0.15) is 12.8 Å². The molecule has 0 bridgehead atoms. The number of fused-ring (bicyclic) bond motifs is 1. The van der Waals surface area contributed by atoms with Crippen LogP contribution in [0.15, 0.2) is 50.5 Å². The molecule has 2 N–H and O–H groups in total. The van der Waals surface area contributed by atoms with Crippen molar-refractivity contribution >= 4 is 32.7 Å². The average molecular weight is 437 g/mol. The number of hydrogen-bond acceptors (Lipinski definition) is 5. The van der Waals surface area contributed by atoms with E-state index in [1.807, 2.05) is 0 Å². The minimum Gasteiger partial charge on any atom is -0.408 e. The van der Waals surface area contributed by atoms with E-state index in [2.05, 4.69) is 10.3 Å². The molecule has 1 fully saturated rings. The number of amides is 1. The molecule has 1 amide bonds. The first-order valence-corrected chi connectivity index (χ1v) is 10.6. The van der Waals surface area contributed by atoms with Gasteiger partial charge in [0.15, 0.2) is 5.58 Å². The maximum Gasteiger partial charge on any atom is 0.417 e. The van der Waals surface area contributed by atoms with Crippen LogP contribution < -0.4 is 11.1 Å². The van der Waals surface area contributed by atoms with E-state index in [1.165, 1.54) is 22.5 Å². The Balaban J connectivity index is 1.53. The summed E-state index contributed by atoms with van der Waals surface area (Å²) in [5.74, 6) is -3.62. The van der Waals surface area contributed by atoms with E-state index in [0.717, 1.165) is 12.1 Å². The van der Waals surface area contributed by atoms with Gasteiger partial charge in [-0.1, -0.05) is 0 Å². The van der Waals surface area contributed by atoms with Crippen LogP contribution in [-0.4, -0.2) is 36.7 Å². The number of nitrogens with one attached hydrogen (secondary N) is 2. The van der Waals surface area contributed by atoms with E-state index < -0.39 is 39.2 Å². The summed E-state index contributed by atoms with van der Waals surface area (Å²) in [4.78, 5) is 26.2. The first kappa shape index (κ1) is 20.2. The number of aromatic nitrogens is 1. The normalized spacial score (nSPS) is 17.9. The Hall–Kier alpha value is -3.05. The zero-order valence-electron chi connectivity index (χ0n) is 15.5. The van der Waals surface area contributed by atoms with Gasteiger partial charge in [-0.15, -0.1) is 0 Å². The summed E-state index contributed by atoms with van der Waals surface area (Å²) in [5.41, 5.74) is 0.310. The highest BCUT2D eigenvalue weighted by molar-refractivity contribution is 7.89. The number of anilines is 1. The highest BCUT2D eigenvalue weighted by Crippen LogP contribution is 2.27. The van der Waals surface area contributed by atoms with E-state index in [9.17, 15) is 26.8 Å². The molecule has 11 heteroatoms. The second-order valence-corrected chi connectivity index (χ2v) is 8.93. The lowest BCUT2D eigenvalue weighted by atomic mass is 9.98. The van der Waals surface area contributed by atoms with Crippen molar-refractivity contribution in [2.75, 3.05) is 18.4 Å². The molecule has 0 unspecified atom stereocenters. The number of hydrogen-bond donors (Lipinski definition) is 2.